The van der Waals surface area contributed by atoms with Crippen LogP contribution in [-0.2, 0) is 9.47 Å². The van der Waals surface area contributed by atoms with E-state index in [-0.39, 0.29) is 12.2 Å². The SMILES string of the molecule is CCCC[C@@H](C)OC(=O)c1cccc(C(=O)O[C@H](C)CCCC)c1. The van der Waals surface area contributed by atoms with Gasteiger partial charge in [0.15, 0.2) is 0 Å². The topological polar surface area (TPSA) is 52.6 Å². The van der Waals surface area contributed by atoms with Gasteiger partial charge in [-0.3, -0.25) is 0 Å². The van der Waals surface area contributed by atoms with Gasteiger partial charge in [0.1, 0.15) is 0 Å². The van der Waals surface area contributed by atoms with Crippen molar-refractivity contribution in [2.45, 2.75) is 78.4 Å². The minimum absolute atomic E-state index is 0.123. The summed E-state index contributed by atoms with van der Waals surface area (Å²) in [6.07, 6.45) is 5.63. The van der Waals surface area contributed by atoms with Gasteiger partial charge in [0.05, 0.1) is 23.3 Å². The average Bonchev–Trinajstić information content (AvgIpc) is 2.58. The molecule has 0 heterocycles. The molecule has 0 spiro atoms. The summed E-state index contributed by atoms with van der Waals surface area (Å²) in [5.41, 5.74) is 0.767. The third-order valence-corrected chi connectivity index (χ3v) is 3.88. The summed E-state index contributed by atoms with van der Waals surface area (Å²) in [6.45, 7) is 7.98. The van der Waals surface area contributed by atoms with Crippen molar-refractivity contribution >= 4 is 11.9 Å². The monoisotopic (exact) mass is 334 g/mol. The normalized spacial score (nSPS) is 13.2. The van der Waals surface area contributed by atoms with E-state index in [1.807, 2.05) is 13.8 Å². The minimum atomic E-state index is -0.396. The highest BCUT2D eigenvalue weighted by Crippen LogP contribution is 2.13. The average molecular weight is 334 g/mol. The molecule has 134 valence electrons. The first-order valence-electron chi connectivity index (χ1n) is 8.99. The Morgan fingerprint density at radius 2 is 1.29 bits per heavy atom. The zero-order valence-corrected chi connectivity index (χ0v) is 15.3. The highest BCUT2D eigenvalue weighted by molar-refractivity contribution is 5.95. The lowest BCUT2D eigenvalue weighted by atomic mass is 10.1. The molecule has 24 heavy (non-hydrogen) atoms. The van der Waals surface area contributed by atoms with E-state index >= 15 is 0 Å². The lowest BCUT2D eigenvalue weighted by Crippen LogP contribution is -2.17. The van der Waals surface area contributed by atoms with Crippen LogP contribution < -0.4 is 0 Å². The summed E-state index contributed by atoms with van der Waals surface area (Å²) in [7, 11) is 0. The van der Waals surface area contributed by atoms with Crippen molar-refractivity contribution in [2.24, 2.45) is 0 Å². The van der Waals surface area contributed by atoms with Gasteiger partial charge < -0.3 is 9.47 Å². The molecule has 1 rings (SSSR count). The van der Waals surface area contributed by atoms with E-state index in [2.05, 4.69) is 13.8 Å². The molecular formula is C20H30O4. The van der Waals surface area contributed by atoms with E-state index in [1.54, 1.807) is 24.3 Å². The molecule has 1 aromatic carbocycles. The van der Waals surface area contributed by atoms with Crippen molar-refractivity contribution in [3.8, 4) is 0 Å². The van der Waals surface area contributed by atoms with E-state index in [0.29, 0.717) is 11.1 Å². The Balaban J connectivity index is 2.65. The quantitative estimate of drug-likeness (QED) is 0.555. The van der Waals surface area contributed by atoms with Crippen LogP contribution in [-0.4, -0.2) is 24.1 Å². The Labute approximate surface area is 145 Å². The number of hydrogen-bond acceptors (Lipinski definition) is 4. The molecule has 0 amide bonds. The van der Waals surface area contributed by atoms with Crippen molar-refractivity contribution in [3.63, 3.8) is 0 Å². The lowest BCUT2D eigenvalue weighted by molar-refractivity contribution is 0.0319. The summed E-state index contributed by atoms with van der Waals surface area (Å²) < 4.78 is 10.8. The molecule has 0 N–H and O–H groups in total. The summed E-state index contributed by atoms with van der Waals surface area (Å²) >= 11 is 0. The number of esters is 2. The zero-order chi connectivity index (χ0) is 17.9. The third-order valence-electron chi connectivity index (χ3n) is 3.88. The van der Waals surface area contributed by atoms with Gasteiger partial charge in [-0.1, -0.05) is 45.6 Å². The maximum Gasteiger partial charge on any atom is 0.338 e. The van der Waals surface area contributed by atoms with E-state index in [0.717, 1.165) is 38.5 Å². The van der Waals surface area contributed by atoms with Crippen LogP contribution in [0.3, 0.4) is 0 Å². The van der Waals surface area contributed by atoms with Crippen LogP contribution in [0, 0.1) is 0 Å². The van der Waals surface area contributed by atoms with E-state index < -0.39 is 11.9 Å². The second kappa shape index (κ2) is 10.8. The predicted molar refractivity (Wildman–Crippen MR) is 95.2 cm³/mol. The van der Waals surface area contributed by atoms with Crippen molar-refractivity contribution in [3.05, 3.63) is 35.4 Å². The van der Waals surface area contributed by atoms with Crippen LogP contribution in [0.4, 0.5) is 0 Å². The molecular weight excluding hydrogens is 304 g/mol. The highest BCUT2D eigenvalue weighted by atomic mass is 16.5. The Bertz CT molecular complexity index is 481. The second-order valence-corrected chi connectivity index (χ2v) is 6.30. The van der Waals surface area contributed by atoms with Gasteiger partial charge in [-0.15, -0.1) is 0 Å². The van der Waals surface area contributed by atoms with E-state index in [1.165, 1.54) is 0 Å². The fourth-order valence-corrected chi connectivity index (χ4v) is 2.38. The van der Waals surface area contributed by atoms with Crippen LogP contribution in [0.1, 0.15) is 86.9 Å². The Morgan fingerprint density at radius 3 is 1.67 bits per heavy atom. The molecule has 0 fully saturated rings. The van der Waals surface area contributed by atoms with Crippen LogP contribution in [0.2, 0.25) is 0 Å². The molecule has 0 aliphatic heterocycles. The first-order valence-corrected chi connectivity index (χ1v) is 8.99. The maximum atomic E-state index is 12.2. The van der Waals surface area contributed by atoms with Gasteiger partial charge in [-0.05, 0) is 44.9 Å². The van der Waals surface area contributed by atoms with Gasteiger partial charge in [0, 0.05) is 0 Å². The Morgan fingerprint density at radius 1 is 0.875 bits per heavy atom. The first-order chi connectivity index (χ1) is 11.5. The Hall–Kier alpha value is -1.84. The number of rotatable bonds is 10. The number of carbonyl (C=O) groups is 2. The van der Waals surface area contributed by atoms with Crippen LogP contribution in [0.5, 0.6) is 0 Å². The third kappa shape index (κ3) is 7.16. The molecule has 0 unspecified atom stereocenters. The Kier molecular flexibility index (Phi) is 9.13. The molecule has 0 aliphatic rings. The van der Waals surface area contributed by atoms with Crippen molar-refractivity contribution < 1.29 is 19.1 Å². The molecule has 0 aromatic heterocycles. The maximum absolute atomic E-state index is 12.2. The highest BCUT2D eigenvalue weighted by Gasteiger charge is 2.16. The van der Waals surface area contributed by atoms with E-state index in [4.69, 9.17) is 9.47 Å². The van der Waals surface area contributed by atoms with Gasteiger partial charge in [-0.25, -0.2) is 9.59 Å². The van der Waals surface area contributed by atoms with Crippen LogP contribution >= 0.6 is 0 Å². The number of hydrogen-bond donors (Lipinski definition) is 0. The number of benzene rings is 1. The van der Waals surface area contributed by atoms with Crippen LogP contribution in [0.15, 0.2) is 24.3 Å². The van der Waals surface area contributed by atoms with Gasteiger partial charge in [0.25, 0.3) is 0 Å². The molecule has 4 heteroatoms. The van der Waals surface area contributed by atoms with Gasteiger partial charge in [0.2, 0.25) is 0 Å². The molecule has 0 radical (unpaired) electrons. The van der Waals surface area contributed by atoms with Crippen molar-refractivity contribution in [1.29, 1.82) is 0 Å². The number of unbranched alkanes of at least 4 members (excludes halogenated alkanes) is 2. The first kappa shape index (κ1) is 20.2. The lowest BCUT2D eigenvalue weighted by Gasteiger charge is -2.14. The zero-order valence-electron chi connectivity index (χ0n) is 15.3. The smallest absolute Gasteiger partial charge is 0.338 e. The molecule has 0 saturated heterocycles. The molecule has 2 atom stereocenters. The standard InChI is InChI=1S/C20H30O4/c1-5-7-10-15(3)23-19(21)17-12-9-13-18(14-17)20(22)24-16(4)11-8-6-2/h9,12-16H,5-8,10-11H2,1-4H3/t15-,16-/m1/s1. The van der Waals surface area contributed by atoms with Crippen molar-refractivity contribution in [1.82, 2.24) is 0 Å². The number of ether oxygens (including phenoxy) is 2. The van der Waals surface area contributed by atoms with Gasteiger partial charge in [-0.2, -0.15) is 0 Å². The molecule has 1 aromatic rings. The fraction of sp³-hybridized carbons (Fsp3) is 0.600. The summed E-state index contributed by atoms with van der Waals surface area (Å²) in [5, 5.41) is 0. The molecule has 0 bridgehead atoms. The van der Waals surface area contributed by atoms with E-state index in [9.17, 15) is 9.59 Å². The largest absolute Gasteiger partial charge is 0.459 e. The summed E-state index contributed by atoms with van der Waals surface area (Å²) in [6, 6.07) is 6.54. The van der Waals surface area contributed by atoms with Crippen molar-refractivity contribution in [2.75, 3.05) is 0 Å². The second-order valence-electron chi connectivity index (χ2n) is 6.30. The fourth-order valence-electron chi connectivity index (χ4n) is 2.38. The molecule has 0 saturated carbocycles. The summed E-state index contributed by atoms with van der Waals surface area (Å²) in [4.78, 5) is 24.4. The summed E-state index contributed by atoms with van der Waals surface area (Å²) in [5.74, 6) is -0.792. The van der Waals surface area contributed by atoms with Crippen LogP contribution in [0.25, 0.3) is 0 Å². The minimum Gasteiger partial charge on any atom is -0.459 e. The van der Waals surface area contributed by atoms with Gasteiger partial charge >= 0.3 is 11.9 Å². The number of carbonyl (C=O) groups excluding carboxylic acids is 2. The molecule has 0 aliphatic carbocycles. The molecule has 4 nitrogen and oxygen atoms in total. The predicted octanol–water partition coefficient (Wildman–Crippen LogP) is 5.16.